The first-order chi connectivity index (χ1) is 8.78. The lowest BCUT2D eigenvalue weighted by Gasteiger charge is -2.50. The summed E-state index contributed by atoms with van der Waals surface area (Å²) in [5, 5.41) is 3.63. The molecule has 0 aromatic carbocycles. The zero-order chi connectivity index (χ0) is 12.4. The first-order valence-electron chi connectivity index (χ1n) is 7.90. The highest BCUT2D eigenvalue weighted by Crippen LogP contribution is 2.35. The SMILES string of the molecule is CC1CCC(CN2CCNCC23CCCCC3)O1. The summed E-state index contributed by atoms with van der Waals surface area (Å²) >= 11 is 0. The molecule has 3 aliphatic rings. The van der Waals surface area contributed by atoms with Crippen LogP contribution in [0.3, 0.4) is 0 Å². The summed E-state index contributed by atoms with van der Waals surface area (Å²) < 4.78 is 6.04. The minimum atomic E-state index is 0.464. The van der Waals surface area contributed by atoms with Crippen LogP contribution in [0, 0.1) is 0 Å². The van der Waals surface area contributed by atoms with Crippen LogP contribution in [-0.4, -0.2) is 48.8 Å². The third kappa shape index (κ3) is 2.59. The molecule has 2 unspecified atom stereocenters. The predicted octanol–water partition coefficient (Wildman–Crippen LogP) is 2.16. The summed E-state index contributed by atoms with van der Waals surface area (Å²) in [7, 11) is 0. The molecule has 3 rings (SSSR count). The smallest absolute Gasteiger partial charge is 0.0706 e. The molecule has 1 aliphatic carbocycles. The number of nitrogens with zero attached hydrogens (tertiary/aromatic N) is 1. The summed E-state index contributed by atoms with van der Waals surface area (Å²) in [6.45, 7) is 6.97. The maximum atomic E-state index is 6.04. The van der Waals surface area contributed by atoms with Crippen molar-refractivity contribution in [2.45, 2.75) is 69.6 Å². The van der Waals surface area contributed by atoms with E-state index in [1.165, 1.54) is 64.6 Å². The molecule has 3 heteroatoms. The Labute approximate surface area is 111 Å². The van der Waals surface area contributed by atoms with Gasteiger partial charge in [-0.15, -0.1) is 0 Å². The molecule has 3 fully saturated rings. The highest BCUT2D eigenvalue weighted by atomic mass is 16.5. The summed E-state index contributed by atoms with van der Waals surface area (Å²) in [5.41, 5.74) is 0.464. The van der Waals surface area contributed by atoms with Crippen molar-refractivity contribution in [3.63, 3.8) is 0 Å². The molecule has 2 heterocycles. The molecule has 2 aliphatic heterocycles. The molecule has 0 amide bonds. The molecule has 0 aromatic rings. The van der Waals surface area contributed by atoms with E-state index in [1.807, 2.05) is 0 Å². The van der Waals surface area contributed by atoms with E-state index in [0.29, 0.717) is 17.7 Å². The monoisotopic (exact) mass is 252 g/mol. The van der Waals surface area contributed by atoms with Crippen molar-refractivity contribution in [3.8, 4) is 0 Å². The molecule has 1 spiro atoms. The fourth-order valence-electron chi connectivity index (χ4n) is 4.14. The van der Waals surface area contributed by atoms with Crippen LogP contribution in [0.15, 0.2) is 0 Å². The maximum Gasteiger partial charge on any atom is 0.0706 e. The van der Waals surface area contributed by atoms with Crippen molar-refractivity contribution >= 4 is 0 Å². The van der Waals surface area contributed by atoms with Gasteiger partial charge in [-0.3, -0.25) is 4.90 Å². The molecule has 18 heavy (non-hydrogen) atoms. The molecule has 2 atom stereocenters. The standard InChI is InChI=1S/C15H28N2O/c1-13-5-6-14(18-13)11-17-10-9-16-12-15(17)7-3-2-4-8-15/h13-14,16H,2-12H2,1H3. The minimum absolute atomic E-state index is 0.464. The Bertz CT molecular complexity index is 267. The number of nitrogens with one attached hydrogen (secondary N) is 1. The van der Waals surface area contributed by atoms with E-state index < -0.39 is 0 Å². The van der Waals surface area contributed by atoms with Crippen LogP contribution in [0.2, 0.25) is 0 Å². The Morgan fingerprint density at radius 2 is 2.06 bits per heavy atom. The number of piperazine rings is 1. The first kappa shape index (κ1) is 12.9. The lowest BCUT2D eigenvalue weighted by Crippen LogP contribution is -2.63. The van der Waals surface area contributed by atoms with E-state index in [4.69, 9.17) is 4.74 Å². The van der Waals surface area contributed by atoms with Crippen molar-refractivity contribution < 1.29 is 4.74 Å². The molecule has 1 N–H and O–H groups in total. The van der Waals surface area contributed by atoms with Crippen LogP contribution >= 0.6 is 0 Å². The van der Waals surface area contributed by atoms with Gasteiger partial charge >= 0.3 is 0 Å². The molecular formula is C15H28N2O. The van der Waals surface area contributed by atoms with Gasteiger partial charge in [0.15, 0.2) is 0 Å². The van der Waals surface area contributed by atoms with Crippen molar-refractivity contribution in [3.05, 3.63) is 0 Å². The lowest BCUT2D eigenvalue weighted by atomic mass is 9.79. The Morgan fingerprint density at radius 1 is 1.22 bits per heavy atom. The van der Waals surface area contributed by atoms with Gasteiger partial charge in [-0.05, 0) is 32.6 Å². The third-order valence-corrected chi connectivity index (χ3v) is 5.21. The van der Waals surface area contributed by atoms with E-state index in [1.54, 1.807) is 0 Å². The van der Waals surface area contributed by atoms with Crippen LogP contribution < -0.4 is 5.32 Å². The van der Waals surface area contributed by atoms with Crippen LogP contribution in [0.25, 0.3) is 0 Å². The van der Waals surface area contributed by atoms with Gasteiger partial charge in [0.25, 0.3) is 0 Å². The topological polar surface area (TPSA) is 24.5 Å². The maximum absolute atomic E-state index is 6.04. The van der Waals surface area contributed by atoms with Crippen molar-refractivity contribution in [1.29, 1.82) is 0 Å². The second kappa shape index (κ2) is 5.48. The van der Waals surface area contributed by atoms with Crippen molar-refractivity contribution in [2.24, 2.45) is 0 Å². The van der Waals surface area contributed by atoms with Crippen LogP contribution in [0.4, 0.5) is 0 Å². The second-order valence-electron chi connectivity index (χ2n) is 6.55. The molecule has 104 valence electrons. The minimum Gasteiger partial charge on any atom is -0.374 e. The number of ether oxygens (including phenoxy) is 1. The normalized spacial score (nSPS) is 37.2. The van der Waals surface area contributed by atoms with Crippen LogP contribution in [-0.2, 0) is 4.74 Å². The van der Waals surface area contributed by atoms with Gasteiger partial charge in [-0.1, -0.05) is 19.3 Å². The Balaban J connectivity index is 1.64. The quantitative estimate of drug-likeness (QED) is 0.815. The number of rotatable bonds is 2. The highest BCUT2D eigenvalue weighted by Gasteiger charge is 2.41. The Kier molecular flexibility index (Phi) is 3.92. The summed E-state index contributed by atoms with van der Waals surface area (Å²) in [5.74, 6) is 0. The third-order valence-electron chi connectivity index (χ3n) is 5.21. The average molecular weight is 252 g/mol. The van der Waals surface area contributed by atoms with Crippen LogP contribution in [0.1, 0.15) is 51.9 Å². The molecule has 3 nitrogen and oxygen atoms in total. The molecular weight excluding hydrogens is 224 g/mol. The Hall–Kier alpha value is -0.120. The molecule has 1 saturated carbocycles. The van der Waals surface area contributed by atoms with Gasteiger partial charge in [0.1, 0.15) is 0 Å². The van der Waals surface area contributed by atoms with E-state index in [2.05, 4.69) is 17.1 Å². The van der Waals surface area contributed by atoms with E-state index in [0.717, 1.165) is 6.54 Å². The summed E-state index contributed by atoms with van der Waals surface area (Å²) in [4.78, 5) is 2.77. The molecule has 0 bridgehead atoms. The van der Waals surface area contributed by atoms with E-state index in [-0.39, 0.29) is 0 Å². The van der Waals surface area contributed by atoms with E-state index >= 15 is 0 Å². The van der Waals surface area contributed by atoms with Gasteiger partial charge in [0.2, 0.25) is 0 Å². The largest absolute Gasteiger partial charge is 0.374 e. The van der Waals surface area contributed by atoms with Gasteiger partial charge < -0.3 is 10.1 Å². The summed E-state index contributed by atoms with van der Waals surface area (Å²) in [6.07, 6.45) is 10.6. The molecule has 0 aromatic heterocycles. The van der Waals surface area contributed by atoms with Gasteiger partial charge in [-0.25, -0.2) is 0 Å². The fourth-order valence-corrected chi connectivity index (χ4v) is 4.14. The first-order valence-corrected chi connectivity index (χ1v) is 7.90. The van der Waals surface area contributed by atoms with Gasteiger partial charge in [0, 0.05) is 31.7 Å². The zero-order valence-corrected chi connectivity index (χ0v) is 11.8. The number of hydrogen-bond donors (Lipinski definition) is 1. The summed E-state index contributed by atoms with van der Waals surface area (Å²) in [6, 6.07) is 0. The van der Waals surface area contributed by atoms with E-state index in [9.17, 15) is 0 Å². The second-order valence-corrected chi connectivity index (χ2v) is 6.55. The average Bonchev–Trinajstić information content (AvgIpc) is 2.79. The number of hydrogen-bond acceptors (Lipinski definition) is 3. The predicted molar refractivity (Wildman–Crippen MR) is 73.8 cm³/mol. The highest BCUT2D eigenvalue weighted by molar-refractivity contribution is 4.98. The molecule has 2 saturated heterocycles. The molecule has 0 radical (unpaired) electrons. The Morgan fingerprint density at radius 3 is 2.78 bits per heavy atom. The lowest BCUT2D eigenvalue weighted by molar-refractivity contribution is -0.0278. The van der Waals surface area contributed by atoms with Gasteiger partial charge in [-0.2, -0.15) is 0 Å². The van der Waals surface area contributed by atoms with Crippen LogP contribution in [0.5, 0.6) is 0 Å². The zero-order valence-electron chi connectivity index (χ0n) is 11.8. The fraction of sp³-hybridized carbons (Fsp3) is 1.00. The van der Waals surface area contributed by atoms with Crippen molar-refractivity contribution in [1.82, 2.24) is 10.2 Å². The van der Waals surface area contributed by atoms with Crippen molar-refractivity contribution in [2.75, 3.05) is 26.2 Å². The van der Waals surface area contributed by atoms with Gasteiger partial charge in [0.05, 0.1) is 12.2 Å².